The lowest BCUT2D eigenvalue weighted by Crippen LogP contribution is -2.57. The third-order valence-corrected chi connectivity index (χ3v) is 3.60. The van der Waals surface area contributed by atoms with E-state index in [2.05, 4.69) is 10.3 Å². The molecule has 0 radical (unpaired) electrons. The van der Waals surface area contributed by atoms with Gasteiger partial charge in [0, 0.05) is 19.7 Å². The number of dihydropyridines is 1. The molecular formula is C15H21N4O5+. The molecule has 2 aliphatic heterocycles. The normalized spacial score (nSPS) is 20.0. The summed E-state index contributed by atoms with van der Waals surface area (Å²) in [4.78, 5) is 42.1. The summed E-state index contributed by atoms with van der Waals surface area (Å²) in [5.41, 5.74) is 0. The van der Waals surface area contributed by atoms with Crippen LogP contribution in [0.2, 0.25) is 0 Å². The first-order valence-electron chi connectivity index (χ1n) is 7.59. The average molecular weight is 337 g/mol. The molecule has 0 aromatic heterocycles. The van der Waals surface area contributed by atoms with Gasteiger partial charge < -0.3 is 14.8 Å². The standard InChI is InChI=1S/C15H20N4O5/c1-4-24-10-5-6-17-13-12(10)14(21)19(15(22)18(13)2)9-11(20)16-7-8-23-3/h5-6,12H,4,7-9H2,1-3H3/p+1. The van der Waals surface area contributed by atoms with Gasteiger partial charge in [-0.3, -0.25) is 9.59 Å². The molecule has 0 aromatic rings. The SMILES string of the molecule is CCOC1=CC=NC2=[N+](C)C(=O)N(CC(=O)NCCOC)C(=O)C12. The second-order valence-corrected chi connectivity index (χ2v) is 5.18. The van der Waals surface area contributed by atoms with E-state index in [0.717, 1.165) is 4.90 Å². The Morgan fingerprint density at radius 3 is 2.88 bits per heavy atom. The number of allylic oxidation sites excluding steroid dienone is 1. The maximum absolute atomic E-state index is 12.7. The summed E-state index contributed by atoms with van der Waals surface area (Å²) in [7, 11) is 3.03. The summed E-state index contributed by atoms with van der Waals surface area (Å²) in [6.45, 7) is 2.47. The Balaban J connectivity index is 2.21. The Bertz CT molecular complexity index is 638. The van der Waals surface area contributed by atoms with Crippen LogP contribution in [0.25, 0.3) is 0 Å². The number of ether oxygens (including phenoxy) is 2. The zero-order valence-corrected chi connectivity index (χ0v) is 13.9. The highest BCUT2D eigenvalue weighted by molar-refractivity contribution is 6.16. The number of nitrogens with one attached hydrogen (secondary N) is 1. The number of hydrogen-bond acceptors (Lipinski definition) is 6. The fourth-order valence-corrected chi connectivity index (χ4v) is 2.46. The number of aliphatic imine (C=N–C) groups is 1. The molecule has 4 amide bonds. The highest BCUT2D eigenvalue weighted by Gasteiger charge is 2.50. The number of methoxy groups -OCH3 is 1. The number of urea groups is 1. The smallest absolute Gasteiger partial charge is 0.446 e. The number of amidine groups is 1. The molecule has 1 unspecified atom stereocenters. The van der Waals surface area contributed by atoms with Gasteiger partial charge in [-0.05, 0) is 6.92 Å². The van der Waals surface area contributed by atoms with Crippen molar-refractivity contribution in [3.8, 4) is 0 Å². The van der Waals surface area contributed by atoms with E-state index in [1.807, 2.05) is 0 Å². The molecule has 0 saturated carbocycles. The van der Waals surface area contributed by atoms with Crippen LogP contribution in [0, 0.1) is 5.92 Å². The molecule has 2 heterocycles. The monoisotopic (exact) mass is 337 g/mol. The number of amides is 4. The number of carbonyl (C=O) groups excluding carboxylic acids is 3. The molecule has 130 valence electrons. The van der Waals surface area contributed by atoms with Gasteiger partial charge in [0.25, 0.3) is 11.7 Å². The molecule has 1 atom stereocenters. The third kappa shape index (κ3) is 3.51. The van der Waals surface area contributed by atoms with Gasteiger partial charge in [-0.25, -0.2) is 4.79 Å². The molecule has 0 aliphatic carbocycles. The average Bonchev–Trinajstić information content (AvgIpc) is 2.57. The first-order valence-corrected chi connectivity index (χ1v) is 7.59. The lowest BCUT2D eigenvalue weighted by molar-refractivity contribution is -0.408. The molecule has 2 aliphatic rings. The van der Waals surface area contributed by atoms with Crippen molar-refractivity contribution in [1.82, 2.24) is 10.2 Å². The summed E-state index contributed by atoms with van der Waals surface area (Å²) in [5, 5.41) is 2.58. The topological polar surface area (TPSA) is 100 Å². The van der Waals surface area contributed by atoms with Gasteiger partial charge in [0.15, 0.2) is 12.5 Å². The summed E-state index contributed by atoms with van der Waals surface area (Å²) in [5.74, 6) is -1.06. The molecule has 9 heteroatoms. The van der Waals surface area contributed by atoms with Crippen LogP contribution < -0.4 is 5.32 Å². The second-order valence-electron chi connectivity index (χ2n) is 5.18. The minimum atomic E-state index is -0.815. The van der Waals surface area contributed by atoms with E-state index in [0.29, 0.717) is 31.4 Å². The number of nitrogens with zero attached hydrogens (tertiary/aromatic N) is 3. The van der Waals surface area contributed by atoms with Crippen LogP contribution >= 0.6 is 0 Å². The van der Waals surface area contributed by atoms with Gasteiger partial charge >= 0.3 is 11.9 Å². The third-order valence-electron chi connectivity index (χ3n) is 3.60. The minimum Gasteiger partial charge on any atom is -0.497 e. The van der Waals surface area contributed by atoms with Crippen molar-refractivity contribution in [2.24, 2.45) is 10.9 Å². The Morgan fingerprint density at radius 2 is 2.21 bits per heavy atom. The van der Waals surface area contributed by atoms with Crippen LogP contribution in [0.4, 0.5) is 4.79 Å². The fraction of sp³-hybridized carbons (Fsp3) is 0.533. The molecule has 24 heavy (non-hydrogen) atoms. The highest BCUT2D eigenvalue weighted by atomic mass is 16.5. The van der Waals surface area contributed by atoms with Crippen LogP contribution in [0.3, 0.4) is 0 Å². The lowest BCUT2D eigenvalue weighted by atomic mass is 9.99. The zero-order valence-electron chi connectivity index (χ0n) is 13.9. The summed E-state index contributed by atoms with van der Waals surface area (Å²) in [6, 6.07) is -0.594. The first kappa shape index (κ1) is 17.8. The quantitative estimate of drug-likeness (QED) is 0.493. The maximum atomic E-state index is 12.7. The Hall–Kier alpha value is -2.55. The van der Waals surface area contributed by atoms with Crippen LogP contribution in [0.15, 0.2) is 16.8 Å². The number of fused-ring (bicyclic) bond motifs is 1. The van der Waals surface area contributed by atoms with Gasteiger partial charge in [0.1, 0.15) is 12.0 Å². The maximum Gasteiger partial charge on any atom is 0.446 e. The lowest BCUT2D eigenvalue weighted by Gasteiger charge is -2.27. The van der Waals surface area contributed by atoms with E-state index in [-0.39, 0.29) is 6.54 Å². The highest BCUT2D eigenvalue weighted by Crippen LogP contribution is 2.24. The van der Waals surface area contributed by atoms with E-state index in [4.69, 9.17) is 9.47 Å². The van der Waals surface area contributed by atoms with Crippen molar-refractivity contribution in [3.63, 3.8) is 0 Å². The van der Waals surface area contributed by atoms with Crippen molar-refractivity contribution in [2.45, 2.75) is 6.92 Å². The van der Waals surface area contributed by atoms with Gasteiger partial charge in [-0.2, -0.15) is 9.48 Å². The molecule has 0 bridgehead atoms. The molecule has 0 spiro atoms. The van der Waals surface area contributed by atoms with Gasteiger partial charge in [-0.1, -0.05) is 0 Å². The first-order chi connectivity index (χ1) is 11.5. The summed E-state index contributed by atoms with van der Waals surface area (Å²) in [6.07, 6.45) is 3.08. The van der Waals surface area contributed by atoms with Crippen molar-refractivity contribution in [1.29, 1.82) is 0 Å². The number of carbonyl (C=O) groups is 3. The second kappa shape index (κ2) is 7.82. The number of hydrogen-bond donors (Lipinski definition) is 1. The largest absolute Gasteiger partial charge is 0.497 e. The fourth-order valence-electron chi connectivity index (χ4n) is 2.46. The van der Waals surface area contributed by atoms with E-state index >= 15 is 0 Å². The van der Waals surface area contributed by atoms with Gasteiger partial charge in [0.2, 0.25) is 0 Å². The van der Waals surface area contributed by atoms with Crippen LogP contribution in [0.1, 0.15) is 6.92 Å². The summed E-state index contributed by atoms with van der Waals surface area (Å²) >= 11 is 0. The van der Waals surface area contributed by atoms with Crippen LogP contribution in [-0.4, -0.2) is 79.8 Å². The summed E-state index contributed by atoms with van der Waals surface area (Å²) < 4.78 is 11.6. The van der Waals surface area contributed by atoms with Crippen molar-refractivity contribution in [2.75, 3.05) is 40.5 Å². The van der Waals surface area contributed by atoms with E-state index in [1.165, 1.54) is 24.9 Å². The molecule has 0 fully saturated rings. The van der Waals surface area contributed by atoms with Gasteiger partial charge in [-0.15, -0.1) is 4.99 Å². The van der Waals surface area contributed by atoms with Crippen molar-refractivity contribution in [3.05, 3.63) is 11.8 Å². The van der Waals surface area contributed by atoms with Gasteiger partial charge in [0.05, 0.1) is 20.3 Å². The van der Waals surface area contributed by atoms with E-state index < -0.39 is 23.8 Å². The predicted molar refractivity (Wildman–Crippen MR) is 84.9 cm³/mol. The Labute approximate surface area is 139 Å². The molecule has 1 N–H and O–H groups in total. The van der Waals surface area contributed by atoms with E-state index in [9.17, 15) is 14.4 Å². The Kier molecular flexibility index (Phi) is 5.80. The molecular weight excluding hydrogens is 316 g/mol. The number of rotatable bonds is 7. The predicted octanol–water partition coefficient (Wildman–Crippen LogP) is -0.627. The molecule has 9 nitrogen and oxygen atoms in total. The zero-order chi connectivity index (χ0) is 17.7. The molecule has 0 saturated heterocycles. The molecule has 0 aromatic carbocycles. The Morgan fingerprint density at radius 1 is 1.46 bits per heavy atom. The number of imide groups is 1. The van der Waals surface area contributed by atoms with Crippen molar-refractivity contribution >= 4 is 29.9 Å². The minimum absolute atomic E-state index is 0.298. The van der Waals surface area contributed by atoms with Crippen molar-refractivity contribution < 1.29 is 28.4 Å². The van der Waals surface area contributed by atoms with Crippen LogP contribution in [-0.2, 0) is 19.1 Å². The van der Waals surface area contributed by atoms with E-state index in [1.54, 1.807) is 13.0 Å². The van der Waals surface area contributed by atoms with Crippen LogP contribution in [0.5, 0.6) is 0 Å². The molecule has 2 rings (SSSR count).